The van der Waals surface area contributed by atoms with Gasteiger partial charge in [-0.1, -0.05) is 17.7 Å². The molecule has 0 fully saturated rings. The van der Waals surface area contributed by atoms with Crippen LogP contribution in [-0.4, -0.2) is 22.6 Å². The molecule has 0 unspecified atom stereocenters. The van der Waals surface area contributed by atoms with E-state index in [-0.39, 0.29) is 5.91 Å². The van der Waals surface area contributed by atoms with Gasteiger partial charge in [-0.3, -0.25) is 9.89 Å². The van der Waals surface area contributed by atoms with Crippen molar-refractivity contribution in [2.24, 2.45) is 0 Å². The van der Waals surface area contributed by atoms with Crippen molar-refractivity contribution in [2.75, 3.05) is 6.54 Å². The van der Waals surface area contributed by atoms with E-state index in [0.29, 0.717) is 18.8 Å². The molecule has 5 nitrogen and oxygen atoms in total. The van der Waals surface area contributed by atoms with Crippen LogP contribution in [0, 0.1) is 20.8 Å². The Hall–Kier alpha value is -2.14. The molecule has 2 heterocycles. The van der Waals surface area contributed by atoms with Crippen LogP contribution in [0.1, 0.15) is 44.0 Å². The first kappa shape index (κ1) is 14.8. The number of hydrogen-bond donors (Lipinski definition) is 3. The number of fused-ring (bicyclic) bond motifs is 1. The van der Waals surface area contributed by atoms with Gasteiger partial charge >= 0.3 is 0 Å². The summed E-state index contributed by atoms with van der Waals surface area (Å²) in [6, 6.07) is 4.30. The summed E-state index contributed by atoms with van der Waals surface area (Å²) in [5.41, 5.74) is 7.45. The zero-order valence-electron chi connectivity index (χ0n) is 13.3. The van der Waals surface area contributed by atoms with E-state index >= 15 is 0 Å². The largest absolute Gasteiger partial charge is 0.347 e. The number of aromatic amines is 1. The molecular formula is C17H22N4O. The summed E-state index contributed by atoms with van der Waals surface area (Å²) in [5.74, 6) is -0.111. The van der Waals surface area contributed by atoms with E-state index in [0.717, 1.165) is 24.2 Å². The number of benzene rings is 1. The van der Waals surface area contributed by atoms with Crippen LogP contribution in [0.2, 0.25) is 0 Å². The van der Waals surface area contributed by atoms with Gasteiger partial charge in [0.2, 0.25) is 0 Å². The van der Waals surface area contributed by atoms with E-state index in [1.807, 2.05) is 0 Å². The summed E-state index contributed by atoms with van der Waals surface area (Å²) in [4.78, 5) is 12.4. The molecule has 1 aromatic carbocycles. The van der Waals surface area contributed by atoms with Crippen LogP contribution in [0.3, 0.4) is 0 Å². The molecule has 1 aliphatic heterocycles. The number of carbonyl (C=O) groups is 1. The van der Waals surface area contributed by atoms with Crippen molar-refractivity contribution in [3.8, 4) is 0 Å². The summed E-state index contributed by atoms with van der Waals surface area (Å²) < 4.78 is 0. The highest BCUT2D eigenvalue weighted by Crippen LogP contribution is 2.18. The van der Waals surface area contributed by atoms with Crippen LogP contribution < -0.4 is 10.6 Å². The first-order chi connectivity index (χ1) is 10.6. The van der Waals surface area contributed by atoms with Gasteiger partial charge in [-0.25, -0.2) is 0 Å². The Balaban J connectivity index is 1.75. The maximum absolute atomic E-state index is 12.4. The average molecular weight is 298 g/mol. The number of amides is 1. The Morgan fingerprint density at radius 3 is 2.73 bits per heavy atom. The van der Waals surface area contributed by atoms with Crippen molar-refractivity contribution in [3.63, 3.8) is 0 Å². The summed E-state index contributed by atoms with van der Waals surface area (Å²) in [6.07, 6.45) is 0.895. The van der Waals surface area contributed by atoms with E-state index in [1.165, 1.54) is 22.3 Å². The molecule has 0 saturated carbocycles. The molecule has 1 aromatic heterocycles. The Morgan fingerprint density at radius 1 is 1.27 bits per heavy atom. The molecule has 0 bridgehead atoms. The molecule has 1 aliphatic rings. The molecule has 0 atom stereocenters. The molecule has 1 amide bonds. The van der Waals surface area contributed by atoms with Gasteiger partial charge in [0.05, 0.1) is 0 Å². The standard InChI is InChI=1S/C17H22N4O/c1-10-6-11(2)13(12(3)7-10)9-19-17(22)16-14-8-18-5-4-15(14)20-21-16/h6-7,18H,4-5,8-9H2,1-3H3,(H,19,22)(H,20,21). The predicted molar refractivity (Wildman–Crippen MR) is 85.8 cm³/mol. The Kier molecular flexibility index (Phi) is 3.98. The second-order valence-corrected chi connectivity index (χ2v) is 6.02. The molecule has 0 aliphatic carbocycles. The van der Waals surface area contributed by atoms with Gasteiger partial charge in [0, 0.05) is 37.3 Å². The van der Waals surface area contributed by atoms with Crippen molar-refractivity contribution < 1.29 is 4.79 Å². The lowest BCUT2D eigenvalue weighted by molar-refractivity contribution is 0.0944. The molecule has 3 rings (SSSR count). The fourth-order valence-electron chi connectivity index (χ4n) is 3.15. The lowest BCUT2D eigenvalue weighted by Crippen LogP contribution is -2.28. The molecule has 0 radical (unpaired) electrons. The highest BCUT2D eigenvalue weighted by molar-refractivity contribution is 5.94. The number of aryl methyl sites for hydroxylation is 3. The van der Waals surface area contributed by atoms with Gasteiger partial charge in [0.25, 0.3) is 5.91 Å². The van der Waals surface area contributed by atoms with Crippen LogP contribution in [-0.2, 0) is 19.5 Å². The lowest BCUT2D eigenvalue weighted by Gasteiger charge is -2.14. The minimum atomic E-state index is -0.111. The quantitative estimate of drug-likeness (QED) is 0.810. The molecule has 116 valence electrons. The fourth-order valence-corrected chi connectivity index (χ4v) is 3.15. The van der Waals surface area contributed by atoms with Crippen molar-refractivity contribution >= 4 is 5.91 Å². The molecule has 2 aromatic rings. The summed E-state index contributed by atoms with van der Waals surface area (Å²) >= 11 is 0. The molecule has 0 spiro atoms. The topological polar surface area (TPSA) is 69.8 Å². The first-order valence-electron chi connectivity index (χ1n) is 7.68. The predicted octanol–water partition coefficient (Wildman–Crippen LogP) is 1.91. The zero-order chi connectivity index (χ0) is 15.7. The van der Waals surface area contributed by atoms with Crippen LogP contribution in [0.25, 0.3) is 0 Å². The smallest absolute Gasteiger partial charge is 0.272 e. The van der Waals surface area contributed by atoms with E-state index in [4.69, 9.17) is 0 Å². The summed E-state index contributed by atoms with van der Waals surface area (Å²) in [6.45, 7) is 8.43. The molecule has 0 saturated heterocycles. The third kappa shape index (κ3) is 2.76. The summed E-state index contributed by atoms with van der Waals surface area (Å²) in [5, 5.41) is 13.5. The Bertz CT molecular complexity index is 694. The van der Waals surface area contributed by atoms with Gasteiger partial charge in [-0.15, -0.1) is 0 Å². The van der Waals surface area contributed by atoms with E-state index in [2.05, 4.69) is 53.7 Å². The average Bonchev–Trinajstić information content (AvgIpc) is 2.90. The minimum absolute atomic E-state index is 0.111. The van der Waals surface area contributed by atoms with Crippen molar-refractivity contribution in [1.29, 1.82) is 0 Å². The van der Waals surface area contributed by atoms with E-state index in [9.17, 15) is 4.79 Å². The number of rotatable bonds is 3. The van der Waals surface area contributed by atoms with Crippen LogP contribution in [0.5, 0.6) is 0 Å². The Labute approximate surface area is 130 Å². The first-order valence-corrected chi connectivity index (χ1v) is 7.68. The van der Waals surface area contributed by atoms with Gasteiger partial charge in [0.1, 0.15) is 0 Å². The maximum Gasteiger partial charge on any atom is 0.272 e. The van der Waals surface area contributed by atoms with Crippen molar-refractivity contribution in [3.05, 3.63) is 51.3 Å². The van der Waals surface area contributed by atoms with Crippen molar-refractivity contribution in [1.82, 2.24) is 20.8 Å². The van der Waals surface area contributed by atoms with Gasteiger partial charge in [0.15, 0.2) is 5.69 Å². The molecule has 3 N–H and O–H groups in total. The second kappa shape index (κ2) is 5.93. The highest BCUT2D eigenvalue weighted by atomic mass is 16.1. The third-order valence-electron chi connectivity index (χ3n) is 4.29. The number of H-pyrrole nitrogens is 1. The molecule has 22 heavy (non-hydrogen) atoms. The minimum Gasteiger partial charge on any atom is -0.347 e. The molecular weight excluding hydrogens is 276 g/mol. The number of nitrogens with zero attached hydrogens (tertiary/aromatic N) is 1. The van der Waals surface area contributed by atoms with Gasteiger partial charge in [-0.05, 0) is 37.5 Å². The Morgan fingerprint density at radius 2 is 2.00 bits per heavy atom. The fraction of sp³-hybridized carbons (Fsp3) is 0.412. The number of hydrogen-bond acceptors (Lipinski definition) is 3. The highest BCUT2D eigenvalue weighted by Gasteiger charge is 2.21. The van der Waals surface area contributed by atoms with Crippen LogP contribution >= 0.6 is 0 Å². The summed E-state index contributed by atoms with van der Waals surface area (Å²) in [7, 11) is 0. The van der Waals surface area contributed by atoms with Gasteiger partial charge in [-0.2, -0.15) is 5.10 Å². The second-order valence-electron chi connectivity index (χ2n) is 6.02. The lowest BCUT2D eigenvalue weighted by atomic mass is 10.00. The normalized spacial score (nSPS) is 13.8. The zero-order valence-corrected chi connectivity index (χ0v) is 13.3. The SMILES string of the molecule is Cc1cc(C)c(CNC(=O)c2n[nH]c3c2CNCC3)c(C)c1. The van der Waals surface area contributed by atoms with E-state index in [1.54, 1.807) is 0 Å². The number of nitrogens with one attached hydrogen (secondary N) is 3. The number of carbonyl (C=O) groups excluding carboxylic acids is 1. The number of aromatic nitrogens is 2. The molecule has 5 heteroatoms. The van der Waals surface area contributed by atoms with Crippen LogP contribution in [0.15, 0.2) is 12.1 Å². The third-order valence-corrected chi connectivity index (χ3v) is 4.29. The van der Waals surface area contributed by atoms with E-state index < -0.39 is 0 Å². The maximum atomic E-state index is 12.4. The van der Waals surface area contributed by atoms with Crippen molar-refractivity contribution in [2.45, 2.75) is 40.3 Å². The monoisotopic (exact) mass is 298 g/mol. The van der Waals surface area contributed by atoms with Crippen LogP contribution in [0.4, 0.5) is 0 Å². The van der Waals surface area contributed by atoms with Gasteiger partial charge < -0.3 is 10.6 Å².